The zero-order valence-corrected chi connectivity index (χ0v) is 16.5. The third-order valence-corrected chi connectivity index (χ3v) is 4.70. The van der Waals surface area contributed by atoms with Gasteiger partial charge in [0.1, 0.15) is 11.9 Å². The maximum absolute atomic E-state index is 12.8. The Bertz CT molecular complexity index is 883. The summed E-state index contributed by atoms with van der Waals surface area (Å²) in [6, 6.07) is 5.05. The largest absolute Gasteiger partial charge is 0.482 e. The van der Waals surface area contributed by atoms with Crippen LogP contribution in [0.1, 0.15) is 18.5 Å². The molecule has 1 saturated heterocycles. The quantitative estimate of drug-likeness (QED) is 0.682. The predicted molar refractivity (Wildman–Crippen MR) is 99.2 cm³/mol. The topological polar surface area (TPSA) is 64.5 Å². The molecule has 0 saturated carbocycles. The molecular formula is C18H16Cl2F3N3O3. The number of rotatable bonds is 5. The van der Waals surface area contributed by atoms with Crippen molar-refractivity contribution in [3.8, 4) is 11.8 Å². The number of piperidine rings is 1. The Balaban J connectivity index is 1.56. The summed E-state index contributed by atoms with van der Waals surface area (Å²) >= 11 is 11.8. The van der Waals surface area contributed by atoms with Crippen molar-refractivity contribution in [2.24, 2.45) is 0 Å². The first-order valence-corrected chi connectivity index (χ1v) is 9.40. The highest BCUT2D eigenvalue weighted by atomic mass is 35.5. The molecule has 0 aliphatic carbocycles. The van der Waals surface area contributed by atoms with E-state index in [1.165, 1.54) is 11.0 Å². The zero-order valence-electron chi connectivity index (χ0n) is 15.0. The molecule has 1 aromatic carbocycles. The molecule has 3 rings (SSSR count). The number of nitrogens with zero attached hydrogens (tertiary/aromatic N) is 3. The fraction of sp³-hybridized carbons (Fsp3) is 0.389. The van der Waals surface area contributed by atoms with E-state index in [9.17, 15) is 18.0 Å². The van der Waals surface area contributed by atoms with Gasteiger partial charge in [-0.3, -0.25) is 4.79 Å². The highest BCUT2D eigenvalue weighted by molar-refractivity contribution is 6.35. The molecule has 156 valence electrons. The zero-order chi connectivity index (χ0) is 21.0. The van der Waals surface area contributed by atoms with Crippen molar-refractivity contribution in [1.82, 2.24) is 14.9 Å². The third kappa shape index (κ3) is 5.86. The molecule has 6 nitrogen and oxygen atoms in total. The normalized spacial score (nSPS) is 17.1. The Morgan fingerprint density at radius 2 is 2.07 bits per heavy atom. The number of halogens is 5. The minimum atomic E-state index is -4.59. The number of amides is 1. The lowest BCUT2D eigenvalue weighted by Gasteiger charge is -2.32. The molecule has 1 aliphatic heterocycles. The second-order valence-corrected chi connectivity index (χ2v) is 7.15. The van der Waals surface area contributed by atoms with Crippen LogP contribution in [0.5, 0.6) is 11.8 Å². The van der Waals surface area contributed by atoms with Crippen LogP contribution in [-0.4, -0.2) is 46.6 Å². The molecule has 1 aromatic heterocycles. The molecule has 11 heteroatoms. The molecule has 2 aromatic rings. The Morgan fingerprint density at radius 3 is 2.79 bits per heavy atom. The lowest BCUT2D eigenvalue weighted by atomic mass is 10.1. The molecule has 1 fully saturated rings. The number of hydrogen-bond acceptors (Lipinski definition) is 5. The van der Waals surface area contributed by atoms with Crippen molar-refractivity contribution in [1.29, 1.82) is 0 Å². The van der Waals surface area contributed by atoms with Gasteiger partial charge in [0.05, 0.1) is 11.6 Å². The fourth-order valence-corrected chi connectivity index (χ4v) is 3.25. The van der Waals surface area contributed by atoms with Gasteiger partial charge in [0.2, 0.25) is 0 Å². The van der Waals surface area contributed by atoms with Crippen LogP contribution in [0.3, 0.4) is 0 Å². The Hall–Kier alpha value is -2.26. The molecule has 1 atom stereocenters. The van der Waals surface area contributed by atoms with Crippen molar-refractivity contribution < 1.29 is 27.4 Å². The molecule has 0 N–H and O–H groups in total. The van der Waals surface area contributed by atoms with Crippen LogP contribution in [0.15, 0.2) is 30.5 Å². The Kier molecular flexibility index (Phi) is 6.69. The molecule has 0 spiro atoms. The number of aromatic nitrogens is 2. The summed E-state index contributed by atoms with van der Waals surface area (Å²) in [5.74, 6) is 0.0286. The van der Waals surface area contributed by atoms with E-state index in [0.29, 0.717) is 30.2 Å². The van der Waals surface area contributed by atoms with Crippen molar-refractivity contribution in [3.05, 3.63) is 46.2 Å². The maximum Gasteiger partial charge on any atom is 0.433 e. The Labute approximate surface area is 174 Å². The fourth-order valence-electron chi connectivity index (χ4n) is 2.79. The first-order valence-electron chi connectivity index (χ1n) is 8.65. The molecule has 0 radical (unpaired) electrons. The van der Waals surface area contributed by atoms with Crippen LogP contribution < -0.4 is 9.47 Å². The van der Waals surface area contributed by atoms with Gasteiger partial charge in [0, 0.05) is 17.8 Å². The molecule has 1 amide bonds. The summed E-state index contributed by atoms with van der Waals surface area (Å²) in [6.45, 7) is 0.435. The molecule has 0 bridgehead atoms. The second kappa shape index (κ2) is 9.04. The predicted octanol–water partition coefficient (Wildman–Crippen LogP) is 4.25. The van der Waals surface area contributed by atoms with Crippen LogP contribution in [0.2, 0.25) is 10.0 Å². The number of benzene rings is 1. The maximum atomic E-state index is 12.8. The first-order chi connectivity index (χ1) is 13.7. The van der Waals surface area contributed by atoms with Gasteiger partial charge in [0.25, 0.3) is 5.91 Å². The molecular weight excluding hydrogens is 434 g/mol. The number of hydrogen-bond donors (Lipinski definition) is 0. The minimum Gasteiger partial charge on any atom is -0.482 e. The highest BCUT2D eigenvalue weighted by Crippen LogP contribution is 2.29. The van der Waals surface area contributed by atoms with Crippen LogP contribution in [0, 0.1) is 0 Å². The number of ether oxygens (including phenoxy) is 2. The van der Waals surface area contributed by atoms with Gasteiger partial charge in [-0.25, -0.2) is 4.98 Å². The van der Waals surface area contributed by atoms with Crippen molar-refractivity contribution in [2.45, 2.75) is 25.1 Å². The lowest BCUT2D eigenvalue weighted by Crippen LogP contribution is -2.46. The van der Waals surface area contributed by atoms with Crippen LogP contribution in [-0.2, 0) is 11.0 Å². The summed E-state index contributed by atoms with van der Waals surface area (Å²) < 4.78 is 49.2. The van der Waals surface area contributed by atoms with Gasteiger partial charge >= 0.3 is 12.2 Å². The van der Waals surface area contributed by atoms with Crippen molar-refractivity contribution >= 4 is 29.1 Å². The minimum absolute atomic E-state index is 0.191. The van der Waals surface area contributed by atoms with Gasteiger partial charge < -0.3 is 14.4 Å². The lowest BCUT2D eigenvalue weighted by molar-refractivity contribution is -0.141. The van der Waals surface area contributed by atoms with E-state index in [1.807, 2.05) is 0 Å². The van der Waals surface area contributed by atoms with Gasteiger partial charge in [0.15, 0.2) is 12.3 Å². The van der Waals surface area contributed by atoms with Gasteiger partial charge in [-0.2, -0.15) is 18.2 Å². The van der Waals surface area contributed by atoms with Crippen LogP contribution in [0.4, 0.5) is 13.2 Å². The average Bonchev–Trinajstić information content (AvgIpc) is 2.67. The molecule has 1 aliphatic rings. The first kappa shape index (κ1) is 21.4. The summed E-state index contributed by atoms with van der Waals surface area (Å²) in [7, 11) is 0. The number of alkyl halides is 3. The monoisotopic (exact) mass is 449 g/mol. The van der Waals surface area contributed by atoms with E-state index in [1.54, 1.807) is 12.1 Å². The van der Waals surface area contributed by atoms with E-state index in [-0.39, 0.29) is 30.1 Å². The van der Waals surface area contributed by atoms with E-state index in [2.05, 4.69) is 9.97 Å². The number of likely N-dealkylation sites (tertiary alicyclic amines) is 1. The van der Waals surface area contributed by atoms with E-state index >= 15 is 0 Å². The smallest absolute Gasteiger partial charge is 0.433 e. The summed E-state index contributed by atoms with van der Waals surface area (Å²) in [6.07, 6.45) is -2.93. The molecule has 29 heavy (non-hydrogen) atoms. The average molecular weight is 450 g/mol. The highest BCUT2D eigenvalue weighted by Gasteiger charge is 2.33. The Morgan fingerprint density at radius 1 is 1.28 bits per heavy atom. The number of carbonyl (C=O) groups is 1. The standard InChI is InChI=1S/C18H16Cl2F3N3O3/c19-11-3-4-14(13(20)8-11)28-10-16(27)26-7-1-2-12(9-26)29-17-24-6-5-15(25-17)18(21,22)23/h3-6,8,12H,1-2,7,9-10H2. The van der Waals surface area contributed by atoms with Gasteiger partial charge in [-0.05, 0) is 37.1 Å². The van der Waals surface area contributed by atoms with Gasteiger partial charge in [-0.1, -0.05) is 23.2 Å². The van der Waals surface area contributed by atoms with E-state index < -0.39 is 18.0 Å². The van der Waals surface area contributed by atoms with E-state index in [4.69, 9.17) is 32.7 Å². The van der Waals surface area contributed by atoms with Crippen molar-refractivity contribution in [3.63, 3.8) is 0 Å². The van der Waals surface area contributed by atoms with Crippen LogP contribution in [0.25, 0.3) is 0 Å². The molecule has 2 heterocycles. The van der Waals surface area contributed by atoms with Gasteiger partial charge in [-0.15, -0.1) is 0 Å². The summed E-state index contributed by atoms with van der Waals surface area (Å²) in [4.78, 5) is 21.1. The van der Waals surface area contributed by atoms with Crippen LogP contribution >= 0.6 is 23.2 Å². The molecule has 1 unspecified atom stereocenters. The van der Waals surface area contributed by atoms with E-state index in [0.717, 1.165) is 12.3 Å². The SMILES string of the molecule is O=C(COc1ccc(Cl)cc1Cl)N1CCCC(Oc2nccc(C(F)(F)F)n2)C1. The van der Waals surface area contributed by atoms with Crippen molar-refractivity contribution in [2.75, 3.05) is 19.7 Å². The summed E-state index contributed by atoms with van der Waals surface area (Å²) in [5, 5.41) is 0.730. The number of carbonyl (C=O) groups excluding carboxylic acids is 1. The summed E-state index contributed by atoms with van der Waals surface area (Å²) in [5.41, 5.74) is -1.08. The second-order valence-electron chi connectivity index (χ2n) is 6.31. The third-order valence-electron chi connectivity index (χ3n) is 4.17.